The van der Waals surface area contributed by atoms with E-state index in [-0.39, 0.29) is 38.4 Å². The summed E-state index contributed by atoms with van der Waals surface area (Å²) in [5.74, 6) is 0.272. The number of anilines is 2. The zero-order valence-electron chi connectivity index (χ0n) is 21.8. The van der Waals surface area contributed by atoms with Crippen LogP contribution in [0.3, 0.4) is 0 Å². The second kappa shape index (κ2) is 12.7. The van der Waals surface area contributed by atoms with Gasteiger partial charge >= 0.3 is 5.97 Å². The van der Waals surface area contributed by atoms with E-state index in [0.29, 0.717) is 18.1 Å². The normalized spacial score (nSPS) is 17.5. The maximum atomic E-state index is 13.3. The van der Waals surface area contributed by atoms with Crippen molar-refractivity contribution in [2.45, 2.75) is 44.4 Å². The smallest absolute Gasteiger partial charge is 0.308 e. The van der Waals surface area contributed by atoms with Crippen LogP contribution >= 0.6 is 34.5 Å². The van der Waals surface area contributed by atoms with Crippen LogP contribution in [0.5, 0.6) is 5.88 Å². The Kier molecular flexibility index (Phi) is 9.58. The summed E-state index contributed by atoms with van der Waals surface area (Å²) in [7, 11) is -2.80. The highest BCUT2D eigenvalue weighted by atomic mass is 35.5. The van der Waals surface area contributed by atoms with Crippen molar-refractivity contribution in [3.63, 3.8) is 0 Å². The molecule has 1 saturated carbocycles. The number of nitrogens with zero attached hydrogens (tertiary/aromatic N) is 2. The van der Waals surface area contributed by atoms with Crippen molar-refractivity contribution in [1.29, 1.82) is 0 Å². The number of nitrogens with one attached hydrogen (secondary N) is 2. The molecule has 2 heterocycles. The number of hydrogen-bond acceptors (Lipinski definition) is 9. The highest BCUT2D eigenvalue weighted by Crippen LogP contribution is 2.38. The van der Waals surface area contributed by atoms with Gasteiger partial charge in [0.2, 0.25) is 5.88 Å². The van der Waals surface area contributed by atoms with Crippen LogP contribution in [-0.4, -0.2) is 44.6 Å². The van der Waals surface area contributed by atoms with Gasteiger partial charge in [-0.25, -0.2) is 18.4 Å². The van der Waals surface area contributed by atoms with Crippen LogP contribution in [0.2, 0.25) is 10.0 Å². The summed E-state index contributed by atoms with van der Waals surface area (Å²) in [5.41, 5.74) is 1.40. The minimum Gasteiger partial charge on any atom is -0.480 e. The Morgan fingerprint density at radius 3 is 2.51 bits per heavy atom. The van der Waals surface area contributed by atoms with Crippen molar-refractivity contribution < 1.29 is 22.7 Å². The molecule has 0 bridgehead atoms. The fraction of sp³-hybridized carbons (Fsp3) is 0.423. The topological polar surface area (TPSA) is 120 Å². The molecule has 210 valence electrons. The van der Waals surface area contributed by atoms with E-state index < -0.39 is 10.0 Å². The van der Waals surface area contributed by atoms with E-state index in [2.05, 4.69) is 20.0 Å². The van der Waals surface area contributed by atoms with Gasteiger partial charge < -0.3 is 14.8 Å². The highest BCUT2D eigenvalue weighted by molar-refractivity contribution is 7.92. The van der Waals surface area contributed by atoms with Crippen molar-refractivity contribution in [3.8, 4) is 16.3 Å². The molecule has 0 saturated heterocycles. The third-order valence-corrected chi connectivity index (χ3v) is 9.71. The van der Waals surface area contributed by atoms with Crippen molar-refractivity contribution in [2.24, 2.45) is 11.8 Å². The Bertz CT molecular complexity index is 1420. The number of methoxy groups -OCH3 is 1. The van der Waals surface area contributed by atoms with Gasteiger partial charge in [0, 0.05) is 18.3 Å². The highest BCUT2D eigenvalue weighted by Gasteiger charge is 2.28. The van der Waals surface area contributed by atoms with E-state index in [0.717, 1.165) is 47.9 Å². The predicted octanol–water partition coefficient (Wildman–Crippen LogP) is 6.41. The number of rotatable bonds is 10. The van der Waals surface area contributed by atoms with Gasteiger partial charge in [0.1, 0.15) is 4.90 Å². The van der Waals surface area contributed by atoms with Crippen LogP contribution in [0.1, 0.15) is 38.3 Å². The Hall–Kier alpha value is -2.60. The summed E-state index contributed by atoms with van der Waals surface area (Å²) < 4.78 is 39.5. The number of para-hydroxylation sites is 1. The van der Waals surface area contributed by atoms with E-state index in [9.17, 15) is 13.2 Å². The lowest BCUT2D eigenvalue weighted by atomic mass is 9.82. The predicted molar refractivity (Wildman–Crippen MR) is 154 cm³/mol. The molecule has 2 N–H and O–H groups in total. The molecule has 3 aromatic rings. The molecule has 1 aliphatic carbocycles. The van der Waals surface area contributed by atoms with Crippen molar-refractivity contribution in [1.82, 2.24) is 9.97 Å². The molecular formula is C26H30Cl2N4O5S2. The molecule has 1 aromatic carbocycles. The van der Waals surface area contributed by atoms with Crippen molar-refractivity contribution >= 4 is 61.4 Å². The summed E-state index contributed by atoms with van der Waals surface area (Å²) in [6.07, 6.45) is 5.10. The Labute approximate surface area is 242 Å². The van der Waals surface area contributed by atoms with E-state index in [4.69, 9.17) is 32.7 Å². The third kappa shape index (κ3) is 6.95. The van der Waals surface area contributed by atoms with Crippen LogP contribution in [-0.2, 0) is 19.6 Å². The molecule has 39 heavy (non-hydrogen) atoms. The van der Waals surface area contributed by atoms with Gasteiger partial charge in [0.15, 0.2) is 5.13 Å². The third-order valence-electron chi connectivity index (χ3n) is 6.57. The second-order valence-corrected chi connectivity index (χ2v) is 12.7. The van der Waals surface area contributed by atoms with Gasteiger partial charge in [-0.2, -0.15) is 0 Å². The fourth-order valence-corrected chi connectivity index (χ4v) is 7.33. The first-order valence-corrected chi connectivity index (χ1v) is 15.6. The summed E-state index contributed by atoms with van der Waals surface area (Å²) >= 11 is 13.8. The van der Waals surface area contributed by atoms with E-state index in [1.54, 1.807) is 24.4 Å². The number of carbonyl (C=O) groups is 1. The number of sulfonamides is 1. The van der Waals surface area contributed by atoms with E-state index in [1.165, 1.54) is 24.5 Å². The largest absolute Gasteiger partial charge is 0.480 e. The summed E-state index contributed by atoms with van der Waals surface area (Å²) in [6, 6.07) is 6.20. The maximum absolute atomic E-state index is 13.3. The number of aromatic nitrogens is 2. The number of esters is 1. The molecule has 0 atom stereocenters. The molecule has 9 nitrogen and oxygen atoms in total. The van der Waals surface area contributed by atoms with E-state index >= 15 is 0 Å². The zero-order valence-corrected chi connectivity index (χ0v) is 24.9. The van der Waals surface area contributed by atoms with Gasteiger partial charge in [-0.1, -0.05) is 40.6 Å². The van der Waals surface area contributed by atoms with Crippen LogP contribution in [0.25, 0.3) is 10.4 Å². The number of ether oxygens (including phenoxy) is 2. The van der Waals surface area contributed by atoms with Gasteiger partial charge in [0.05, 0.1) is 45.9 Å². The Morgan fingerprint density at radius 2 is 1.87 bits per heavy atom. The summed E-state index contributed by atoms with van der Waals surface area (Å²) in [4.78, 5) is 21.5. The van der Waals surface area contributed by atoms with Crippen LogP contribution in [0, 0.1) is 18.8 Å². The van der Waals surface area contributed by atoms with E-state index in [1.807, 2.05) is 13.8 Å². The molecular weight excluding hydrogens is 583 g/mol. The van der Waals surface area contributed by atoms with Crippen LogP contribution < -0.4 is 14.8 Å². The maximum Gasteiger partial charge on any atom is 0.308 e. The number of halogens is 2. The average Bonchev–Trinajstić information content (AvgIpc) is 3.30. The molecule has 2 aromatic heterocycles. The number of hydrogen-bond donors (Lipinski definition) is 2. The first-order valence-electron chi connectivity index (χ1n) is 12.5. The van der Waals surface area contributed by atoms with Gasteiger partial charge in [-0.05, 0) is 63.6 Å². The molecule has 0 radical (unpaired) electrons. The SMILES string of the molecule is CCOC(=O)[C@H]1CC[C@H](CNc2nc(C)c(-c3cnc(OC)c(S(=O)(=O)Nc4c(Cl)cccc4Cl)c3)s2)CC1. The number of aryl methyl sites for hydroxylation is 1. The monoisotopic (exact) mass is 612 g/mol. The quantitative estimate of drug-likeness (QED) is 0.252. The molecule has 0 unspecified atom stereocenters. The Morgan fingerprint density at radius 1 is 1.18 bits per heavy atom. The average molecular weight is 614 g/mol. The van der Waals surface area contributed by atoms with Gasteiger partial charge in [-0.15, -0.1) is 0 Å². The van der Waals surface area contributed by atoms with Crippen LogP contribution in [0.4, 0.5) is 10.8 Å². The summed E-state index contributed by atoms with van der Waals surface area (Å²) in [5, 5.41) is 4.47. The molecule has 0 amide bonds. The molecule has 0 aliphatic heterocycles. The summed E-state index contributed by atoms with van der Waals surface area (Å²) in [6.45, 7) is 4.84. The standard InChI is InChI=1S/C26H30Cl2N4O5S2/c1-4-37-25(33)17-10-8-16(9-11-17)13-30-26-31-15(2)23(38-26)18-12-21(24(36-3)29-14-18)39(34,35)32-22-19(27)6-5-7-20(22)28/h5-7,12,14,16-17,32H,4,8-11,13H2,1-3H3,(H,30,31)/t16-,17-. The molecule has 1 aliphatic rings. The lowest BCUT2D eigenvalue weighted by Gasteiger charge is -2.27. The Balaban J connectivity index is 1.49. The number of benzene rings is 1. The number of thiazole rings is 1. The first kappa shape index (κ1) is 29.4. The molecule has 4 rings (SSSR count). The van der Waals surface area contributed by atoms with Crippen molar-refractivity contribution in [2.75, 3.05) is 30.3 Å². The van der Waals surface area contributed by atoms with Gasteiger partial charge in [0.25, 0.3) is 10.0 Å². The lowest BCUT2D eigenvalue weighted by molar-refractivity contribution is -0.149. The first-order chi connectivity index (χ1) is 18.6. The number of pyridine rings is 1. The van der Waals surface area contributed by atoms with Crippen molar-refractivity contribution in [3.05, 3.63) is 46.2 Å². The zero-order chi connectivity index (χ0) is 28.2. The minimum atomic E-state index is -4.15. The minimum absolute atomic E-state index is 0.00797. The van der Waals surface area contributed by atoms with Gasteiger partial charge in [-0.3, -0.25) is 9.52 Å². The number of carbonyl (C=O) groups excluding carboxylic acids is 1. The van der Waals surface area contributed by atoms with Crippen LogP contribution in [0.15, 0.2) is 35.4 Å². The lowest BCUT2D eigenvalue weighted by Crippen LogP contribution is -2.26. The second-order valence-electron chi connectivity index (χ2n) is 9.22. The molecule has 0 spiro atoms. The molecule has 1 fully saturated rings. The molecule has 13 heteroatoms. The fourth-order valence-electron chi connectivity index (χ4n) is 4.52.